The molecule has 0 aliphatic heterocycles. The van der Waals surface area contributed by atoms with Crippen LogP contribution in [-0.4, -0.2) is 33.9 Å². The molecule has 1 atom stereocenters. The molecule has 13 heavy (non-hydrogen) atoms. The molecule has 0 aliphatic carbocycles. The molecule has 1 unspecified atom stereocenters. The number of hydrogen-bond donors (Lipinski definition) is 4. The highest BCUT2D eigenvalue weighted by molar-refractivity contribution is 5.78. The molecule has 0 aromatic carbocycles. The molecule has 0 saturated carbocycles. The smallest absolute Gasteiger partial charge is 0.247 e. The van der Waals surface area contributed by atoms with Crippen LogP contribution in [-0.2, 0) is 11.3 Å². The third-order valence-electron chi connectivity index (χ3n) is 1.54. The van der Waals surface area contributed by atoms with Crippen molar-refractivity contribution < 1.29 is 9.90 Å². The Hall–Kier alpha value is -1.40. The second-order valence-corrected chi connectivity index (χ2v) is 2.63. The van der Waals surface area contributed by atoms with Crippen molar-refractivity contribution in [1.29, 1.82) is 0 Å². The SMILES string of the molecule is NC(=O)C(O)CNCc1ccn[nH]1. The predicted octanol–water partition coefficient (Wildman–Crippen LogP) is -1.65. The number of rotatable bonds is 5. The molecule has 0 bridgehead atoms. The predicted molar refractivity (Wildman–Crippen MR) is 45.5 cm³/mol. The van der Waals surface area contributed by atoms with Gasteiger partial charge in [-0.05, 0) is 6.07 Å². The second kappa shape index (κ2) is 4.58. The fourth-order valence-electron chi connectivity index (χ4n) is 0.827. The summed E-state index contributed by atoms with van der Waals surface area (Å²) in [6.45, 7) is 0.665. The zero-order valence-corrected chi connectivity index (χ0v) is 7.03. The fourth-order valence-corrected chi connectivity index (χ4v) is 0.827. The van der Waals surface area contributed by atoms with Crippen LogP contribution in [0.15, 0.2) is 12.3 Å². The average Bonchev–Trinajstić information content (AvgIpc) is 2.56. The standard InChI is InChI=1S/C7H12N4O2/c8-7(13)6(12)4-9-3-5-1-2-10-11-5/h1-2,6,9,12H,3-4H2,(H2,8,13)(H,10,11). The average molecular weight is 184 g/mol. The zero-order chi connectivity index (χ0) is 9.68. The number of carbonyl (C=O) groups is 1. The Balaban J connectivity index is 2.18. The van der Waals surface area contributed by atoms with Crippen LogP contribution in [0.2, 0.25) is 0 Å². The van der Waals surface area contributed by atoms with E-state index < -0.39 is 12.0 Å². The van der Waals surface area contributed by atoms with Gasteiger partial charge in [0, 0.05) is 25.0 Å². The number of carbonyl (C=O) groups excluding carboxylic acids is 1. The zero-order valence-electron chi connectivity index (χ0n) is 7.03. The van der Waals surface area contributed by atoms with E-state index in [-0.39, 0.29) is 6.54 Å². The summed E-state index contributed by atoms with van der Waals surface area (Å²) >= 11 is 0. The van der Waals surface area contributed by atoms with Crippen LogP contribution in [0.3, 0.4) is 0 Å². The Labute approximate surface area is 75.1 Å². The molecule has 1 rings (SSSR count). The Morgan fingerprint density at radius 2 is 2.62 bits per heavy atom. The summed E-state index contributed by atoms with van der Waals surface area (Å²) in [6, 6.07) is 1.80. The molecule has 72 valence electrons. The van der Waals surface area contributed by atoms with Crippen LogP contribution in [0.1, 0.15) is 5.69 Å². The van der Waals surface area contributed by atoms with Crippen LogP contribution in [0.25, 0.3) is 0 Å². The van der Waals surface area contributed by atoms with Gasteiger partial charge in [-0.25, -0.2) is 0 Å². The lowest BCUT2D eigenvalue weighted by Crippen LogP contribution is -2.37. The number of nitrogens with zero attached hydrogens (tertiary/aromatic N) is 1. The van der Waals surface area contributed by atoms with Crippen LogP contribution in [0.5, 0.6) is 0 Å². The van der Waals surface area contributed by atoms with Crippen molar-refractivity contribution in [2.24, 2.45) is 5.73 Å². The lowest BCUT2D eigenvalue weighted by molar-refractivity contribution is -0.125. The van der Waals surface area contributed by atoms with E-state index in [9.17, 15) is 4.79 Å². The molecule has 1 heterocycles. The number of H-pyrrole nitrogens is 1. The molecular weight excluding hydrogens is 172 g/mol. The normalized spacial score (nSPS) is 12.7. The third-order valence-corrected chi connectivity index (χ3v) is 1.54. The lowest BCUT2D eigenvalue weighted by atomic mass is 10.3. The molecule has 1 amide bonds. The van der Waals surface area contributed by atoms with Gasteiger partial charge >= 0.3 is 0 Å². The molecule has 5 N–H and O–H groups in total. The largest absolute Gasteiger partial charge is 0.382 e. The number of amides is 1. The van der Waals surface area contributed by atoms with Crippen molar-refractivity contribution in [1.82, 2.24) is 15.5 Å². The quantitative estimate of drug-likeness (QED) is 0.440. The molecule has 0 spiro atoms. The first kappa shape index (κ1) is 9.69. The van der Waals surface area contributed by atoms with E-state index in [0.717, 1.165) is 5.69 Å². The van der Waals surface area contributed by atoms with Gasteiger partial charge in [-0.15, -0.1) is 0 Å². The van der Waals surface area contributed by atoms with E-state index in [0.29, 0.717) is 6.54 Å². The molecule has 0 aliphatic rings. The molecule has 6 heteroatoms. The van der Waals surface area contributed by atoms with E-state index in [1.807, 2.05) is 0 Å². The molecule has 0 radical (unpaired) electrons. The Morgan fingerprint density at radius 3 is 3.15 bits per heavy atom. The molecule has 0 saturated heterocycles. The van der Waals surface area contributed by atoms with Gasteiger partial charge in [0.25, 0.3) is 0 Å². The summed E-state index contributed by atoms with van der Waals surface area (Å²) in [5.41, 5.74) is 5.73. The highest BCUT2D eigenvalue weighted by Gasteiger charge is 2.09. The van der Waals surface area contributed by atoms with Gasteiger partial charge in [0.1, 0.15) is 6.10 Å². The van der Waals surface area contributed by atoms with Gasteiger partial charge in [0.2, 0.25) is 5.91 Å². The maximum Gasteiger partial charge on any atom is 0.247 e. The van der Waals surface area contributed by atoms with E-state index in [2.05, 4.69) is 15.5 Å². The maximum atomic E-state index is 10.4. The van der Waals surface area contributed by atoms with E-state index in [1.54, 1.807) is 12.3 Å². The molecular formula is C7H12N4O2. The number of nitrogens with one attached hydrogen (secondary N) is 2. The van der Waals surface area contributed by atoms with Crippen molar-refractivity contribution in [2.75, 3.05) is 6.54 Å². The van der Waals surface area contributed by atoms with Crippen LogP contribution >= 0.6 is 0 Å². The first-order valence-electron chi connectivity index (χ1n) is 3.86. The number of nitrogens with two attached hydrogens (primary N) is 1. The number of aliphatic hydroxyl groups excluding tert-OH is 1. The summed E-state index contributed by atoms with van der Waals surface area (Å²) < 4.78 is 0. The topological polar surface area (TPSA) is 104 Å². The fraction of sp³-hybridized carbons (Fsp3) is 0.429. The third kappa shape index (κ3) is 3.22. The summed E-state index contributed by atoms with van der Waals surface area (Å²) in [5, 5.41) is 18.3. The van der Waals surface area contributed by atoms with E-state index >= 15 is 0 Å². The lowest BCUT2D eigenvalue weighted by Gasteiger charge is -2.06. The molecule has 6 nitrogen and oxygen atoms in total. The second-order valence-electron chi connectivity index (χ2n) is 2.63. The summed E-state index contributed by atoms with van der Waals surface area (Å²) in [6.07, 6.45) is 0.490. The van der Waals surface area contributed by atoms with E-state index in [1.165, 1.54) is 0 Å². The number of aliphatic hydroxyl groups is 1. The van der Waals surface area contributed by atoms with Gasteiger partial charge in [0.15, 0.2) is 0 Å². The van der Waals surface area contributed by atoms with Crippen LogP contribution in [0.4, 0.5) is 0 Å². The van der Waals surface area contributed by atoms with Gasteiger partial charge in [-0.2, -0.15) is 5.10 Å². The number of hydrogen-bond acceptors (Lipinski definition) is 4. The summed E-state index contributed by atoms with van der Waals surface area (Å²) in [4.78, 5) is 10.4. The minimum atomic E-state index is -1.14. The van der Waals surface area contributed by atoms with Crippen molar-refractivity contribution in [2.45, 2.75) is 12.6 Å². The van der Waals surface area contributed by atoms with Crippen LogP contribution < -0.4 is 11.1 Å². The van der Waals surface area contributed by atoms with Crippen molar-refractivity contribution in [3.8, 4) is 0 Å². The van der Waals surface area contributed by atoms with Crippen LogP contribution in [0, 0.1) is 0 Å². The monoisotopic (exact) mass is 184 g/mol. The van der Waals surface area contributed by atoms with Gasteiger partial charge in [-0.1, -0.05) is 0 Å². The summed E-state index contributed by atoms with van der Waals surface area (Å²) in [5.74, 6) is -0.725. The first-order valence-corrected chi connectivity index (χ1v) is 3.86. The molecule has 0 fully saturated rings. The number of aromatic nitrogens is 2. The van der Waals surface area contributed by atoms with Crippen molar-refractivity contribution in [3.63, 3.8) is 0 Å². The van der Waals surface area contributed by atoms with Gasteiger partial charge < -0.3 is 16.2 Å². The Kier molecular flexibility index (Phi) is 3.41. The number of primary amides is 1. The van der Waals surface area contributed by atoms with Gasteiger partial charge in [-0.3, -0.25) is 9.89 Å². The Bertz CT molecular complexity index is 259. The minimum Gasteiger partial charge on any atom is -0.382 e. The Morgan fingerprint density at radius 1 is 1.85 bits per heavy atom. The maximum absolute atomic E-state index is 10.4. The minimum absolute atomic E-state index is 0.147. The van der Waals surface area contributed by atoms with Gasteiger partial charge in [0.05, 0.1) is 0 Å². The highest BCUT2D eigenvalue weighted by Crippen LogP contribution is 1.89. The van der Waals surface area contributed by atoms with Crippen molar-refractivity contribution >= 4 is 5.91 Å². The molecule has 1 aromatic rings. The van der Waals surface area contributed by atoms with Crippen molar-refractivity contribution in [3.05, 3.63) is 18.0 Å². The molecule has 1 aromatic heterocycles. The summed E-state index contributed by atoms with van der Waals surface area (Å²) in [7, 11) is 0. The highest BCUT2D eigenvalue weighted by atomic mass is 16.3. The number of aromatic amines is 1. The first-order chi connectivity index (χ1) is 6.20. The van der Waals surface area contributed by atoms with E-state index in [4.69, 9.17) is 10.8 Å².